The topological polar surface area (TPSA) is 68.6 Å². The van der Waals surface area contributed by atoms with Crippen LogP contribution < -0.4 is 0 Å². The molecule has 0 radical (unpaired) electrons. The van der Waals surface area contributed by atoms with Gasteiger partial charge in [0.05, 0.1) is 11.4 Å². The summed E-state index contributed by atoms with van der Waals surface area (Å²) in [4.78, 5) is 27.1. The van der Waals surface area contributed by atoms with Crippen molar-refractivity contribution in [2.75, 3.05) is 0 Å². The summed E-state index contributed by atoms with van der Waals surface area (Å²) in [5, 5.41) is 4.67. The van der Waals surface area contributed by atoms with Crippen LogP contribution in [0.5, 0.6) is 0 Å². The van der Waals surface area contributed by atoms with E-state index in [0.717, 1.165) is 73.7 Å². The van der Waals surface area contributed by atoms with Crippen molar-refractivity contribution in [3.63, 3.8) is 0 Å². The van der Waals surface area contributed by atoms with Gasteiger partial charge in [0.15, 0.2) is 0 Å². The standard InChI is InChI=1S/C34H34N2.C34H32N2.CHO.2ClH.2Pt/c2*1-33(2,3)27-15-17-35-31(21-27)25-11-7-10-24(19-25)29-12-8-9-23-13-14-26(20-30(23)29)32-22-28(16-18-36-32)34(4,5)6;1-2;;;;/h7-22H,1-6H3;7-18,21-22H,1-6H3;1H;2*1H;;/q;-2;-1;;;2*+2/p-2/i;;1D;;;;. The molecule has 4 heterocycles. The van der Waals surface area contributed by atoms with Gasteiger partial charge in [-0.15, -0.1) is 53.4 Å². The third kappa shape index (κ3) is 15.2. The van der Waals surface area contributed by atoms with E-state index in [-0.39, 0.29) is 42.7 Å². The number of hydrogen-bond acceptors (Lipinski definition) is 5. The summed E-state index contributed by atoms with van der Waals surface area (Å²) in [6.07, 6.45) is 7.64. The van der Waals surface area contributed by atoms with Crippen LogP contribution in [-0.4, -0.2) is 26.7 Å². The van der Waals surface area contributed by atoms with Gasteiger partial charge in [0.25, 0.3) is 0 Å². The molecule has 0 N–H and O–H groups in total. The fourth-order valence-electron chi connectivity index (χ4n) is 9.08. The quantitative estimate of drug-likeness (QED) is 0.123. The molecule has 10 aromatic rings. The Kier molecular flexibility index (Phi) is 20.2. The van der Waals surface area contributed by atoms with Crippen LogP contribution in [0.15, 0.2) is 183 Å². The van der Waals surface area contributed by atoms with Crippen molar-refractivity contribution in [1.29, 1.82) is 0 Å². The molecule has 0 saturated carbocycles. The van der Waals surface area contributed by atoms with E-state index in [2.05, 4.69) is 263 Å². The number of carbonyl (C=O) groups excluding carboxylic acids is 1. The van der Waals surface area contributed by atoms with Crippen LogP contribution in [0.3, 0.4) is 0 Å². The maximum atomic E-state index is 8.35. The van der Waals surface area contributed by atoms with E-state index < -0.39 is 16.5 Å². The van der Waals surface area contributed by atoms with Gasteiger partial charge in [-0.3, -0.25) is 26.7 Å². The maximum absolute atomic E-state index is 8.35. The van der Waals surface area contributed by atoms with Crippen molar-refractivity contribution in [1.82, 2.24) is 19.9 Å². The van der Waals surface area contributed by atoms with Gasteiger partial charge in [-0.05, 0) is 114 Å². The molecule has 0 aliphatic carbocycles. The normalized spacial score (nSPS) is 11.7. The first-order chi connectivity index (χ1) is 37.0. The summed E-state index contributed by atoms with van der Waals surface area (Å²) >= 11 is -0.472. The number of pyridine rings is 4. The summed E-state index contributed by atoms with van der Waals surface area (Å²) in [5.41, 5.74) is 18.1. The predicted octanol–water partition coefficient (Wildman–Crippen LogP) is 19.2. The molecule has 0 atom stereocenters. The summed E-state index contributed by atoms with van der Waals surface area (Å²) < 4.78 is 5.40. The molecule has 0 aliphatic rings. The minimum Gasteiger partial charge on any atom is 2.00 e. The van der Waals surface area contributed by atoms with Gasteiger partial charge in [0, 0.05) is 47.3 Å². The molecule has 6 aromatic carbocycles. The van der Waals surface area contributed by atoms with Gasteiger partial charge in [-0.25, -0.2) is 0 Å². The predicted molar refractivity (Wildman–Crippen MR) is 323 cm³/mol. The third-order valence-electron chi connectivity index (χ3n) is 13.6. The number of fused-ring (bicyclic) bond motifs is 2. The molecule has 4 aromatic heterocycles. The van der Waals surface area contributed by atoms with Crippen LogP contribution in [-0.2, 0) is 64.0 Å². The Morgan fingerprint density at radius 1 is 0.423 bits per heavy atom. The molecule has 5 nitrogen and oxygen atoms in total. The molecule has 9 heteroatoms. The van der Waals surface area contributed by atoms with Crippen molar-refractivity contribution in [2.45, 2.75) is 105 Å². The first-order valence-electron chi connectivity index (χ1n) is 26.1. The summed E-state index contributed by atoms with van der Waals surface area (Å²) in [6, 6.07) is 63.4. The van der Waals surface area contributed by atoms with E-state index in [1.54, 1.807) is 0 Å². The Labute approximate surface area is 495 Å². The minimum atomic E-state index is -0.472. The van der Waals surface area contributed by atoms with E-state index in [4.69, 9.17) is 35.0 Å². The zero-order valence-electron chi connectivity index (χ0n) is 47.4. The Morgan fingerprint density at radius 2 is 0.808 bits per heavy atom. The zero-order chi connectivity index (χ0) is 56.4. The minimum absolute atomic E-state index is 0. The second-order valence-electron chi connectivity index (χ2n) is 23.2. The second kappa shape index (κ2) is 26.4. The van der Waals surface area contributed by atoms with Crippen molar-refractivity contribution in [3.8, 4) is 67.3 Å². The van der Waals surface area contributed by atoms with Crippen molar-refractivity contribution in [3.05, 3.63) is 217 Å². The SMILES string of the molecule is CC(C)(C)c1ccnc(-c2[c-]c(-c3cccc4ccc(-c5cc(C(C)(C)C)ccn5)[c-]c34)ccc2)c1.CC(C)(C)c1ccnc(-c2cccc(-c3cccc4ccc(-c5cc(C(C)(C)C)ccn5)cc34)c2)c1.[2H][C-]=O.[Cl][Pt][Cl].[Pt+2]. The van der Waals surface area contributed by atoms with E-state index in [1.165, 1.54) is 44.2 Å². The number of hydrogen-bond donors (Lipinski definition) is 0. The Morgan fingerprint density at radius 3 is 1.32 bits per heavy atom. The molecule has 0 bridgehead atoms. The third-order valence-corrected chi connectivity index (χ3v) is 13.6. The molecule has 10 rings (SSSR count). The summed E-state index contributed by atoms with van der Waals surface area (Å²) in [5.74, 6) is 0. The second-order valence-corrected chi connectivity index (χ2v) is 26.5. The Bertz CT molecular complexity index is 3450. The van der Waals surface area contributed by atoms with Crippen molar-refractivity contribution < 1.29 is 43.7 Å². The number of halogens is 2. The average Bonchev–Trinajstić information content (AvgIpc) is 3.42. The molecule has 0 aliphatic heterocycles. The maximum Gasteiger partial charge on any atom is 2.00 e. The number of aromatic nitrogens is 4. The molecular weight excluding hydrogens is 1360 g/mol. The average molecular weight is 1430 g/mol. The van der Waals surface area contributed by atoms with Crippen LogP contribution in [0.2, 0.25) is 0 Å². The zero-order valence-corrected chi connectivity index (χ0v) is 52.5. The van der Waals surface area contributed by atoms with Gasteiger partial charge in [-0.1, -0.05) is 184 Å². The van der Waals surface area contributed by atoms with Crippen LogP contribution in [0.1, 0.15) is 107 Å². The summed E-state index contributed by atoms with van der Waals surface area (Å²) in [7, 11) is 9.75. The molecule has 404 valence electrons. The van der Waals surface area contributed by atoms with Crippen LogP contribution in [0.25, 0.3) is 88.8 Å². The molecule has 78 heavy (non-hydrogen) atoms. The van der Waals surface area contributed by atoms with Crippen molar-refractivity contribution in [2.24, 2.45) is 0 Å². The largest absolute Gasteiger partial charge is 2.00 e. The first-order valence-corrected chi connectivity index (χ1v) is 31.3. The number of nitrogens with zero attached hydrogens (tertiary/aromatic N) is 4. The van der Waals surface area contributed by atoms with Crippen LogP contribution in [0, 0.1) is 12.1 Å². The number of benzene rings is 6. The molecule has 0 saturated heterocycles. The van der Waals surface area contributed by atoms with Crippen LogP contribution in [0.4, 0.5) is 0 Å². The Balaban J connectivity index is 0.000000230. The molecule has 0 fully saturated rings. The monoisotopic (exact) mass is 1430 g/mol. The first kappa shape index (κ1) is 59.7. The van der Waals surface area contributed by atoms with E-state index in [1.807, 2.05) is 24.8 Å². The van der Waals surface area contributed by atoms with Crippen molar-refractivity contribution >= 4 is 47.1 Å². The fourth-order valence-corrected chi connectivity index (χ4v) is 9.08. The van der Waals surface area contributed by atoms with Gasteiger partial charge < -0.3 is 4.79 Å². The van der Waals surface area contributed by atoms with Crippen LogP contribution >= 0.6 is 18.8 Å². The van der Waals surface area contributed by atoms with Gasteiger partial charge in [-0.2, -0.15) is 1.37 Å². The van der Waals surface area contributed by atoms with Gasteiger partial charge in [0.2, 0.25) is 0 Å². The van der Waals surface area contributed by atoms with Gasteiger partial charge in [0.1, 0.15) is 0 Å². The van der Waals surface area contributed by atoms with E-state index in [9.17, 15) is 0 Å². The Hall–Kier alpha value is -5.93. The fraction of sp³-hybridized carbons (Fsp3) is 0.232. The molecule has 0 spiro atoms. The van der Waals surface area contributed by atoms with E-state index >= 15 is 0 Å². The summed E-state index contributed by atoms with van der Waals surface area (Å²) in [6.45, 7) is 27.5. The number of rotatable bonds is 6. The van der Waals surface area contributed by atoms with E-state index in [0.29, 0.717) is 0 Å². The molecular formula is C69H67Cl2N4OPt2-. The smallest absolute Gasteiger partial charge is 2.00 e. The molecule has 0 amide bonds. The molecule has 0 unspecified atom stereocenters. The van der Waals surface area contributed by atoms with Gasteiger partial charge >= 0.3 is 56.4 Å².